The van der Waals surface area contributed by atoms with E-state index in [0.717, 1.165) is 41.3 Å². The Kier molecular flexibility index (Phi) is 3.08. The maximum atomic E-state index is 5.49. The molecule has 1 N–H and O–H groups in total. The molecule has 4 heteroatoms. The van der Waals surface area contributed by atoms with Crippen LogP contribution in [0.25, 0.3) is 11.3 Å². The SMILES string of the molecule is c1cncc(-c2cc(CNC34CC5CC(CC(C5)C3)C4)no2)c1. The third kappa shape index (κ3) is 2.49. The van der Waals surface area contributed by atoms with E-state index in [-0.39, 0.29) is 0 Å². The molecule has 2 aromatic heterocycles. The number of pyridine rings is 1. The highest BCUT2D eigenvalue weighted by Crippen LogP contribution is 2.55. The van der Waals surface area contributed by atoms with Crippen LogP contribution in [0.2, 0.25) is 0 Å². The molecule has 4 aliphatic rings. The number of nitrogens with zero attached hydrogens (tertiary/aromatic N) is 2. The molecule has 0 amide bonds. The van der Waals surface area contributed by atoms with Gasteiger partial charge in [-0.05, 0) is 68.4 Å². The Morgan fingerprint density at radius 3 is 2.52 bits per heavy atom. The molecule has 0 saturated heterocycles. The van der Waals surface area contributed by atoms with Crippen LogP contribution in [0.3, 0.4) is 0 Å². The van der Waals surface area contributed by atoms with Gasteiger partial charge in [-0.25, -0.2) is 0 Å². The molecule has 0 unspecified atom stereocenters. The zero-order chi connectivity index (χ0) is 15.3. The van der Waals surface area contributed by atoms with E-state index in [9.17, 15) is 0 Å². The first-order chi connectivity index (χ1) is 11.3. The summed E-state index contributed by atoms with van der Waals surface area (Å²) in [6, 6.07) is 5.97. The lowest BCUT2D eigenvalue weighted by molar-refractivity contribution is -0.0208. The van der Waals surface area contributed by atoms with E-state index >= 15 is 0 Å². The van der Waals surface area contributed by atoms with Crippen LogP contribution < -0.4 is 5.32 Å². The summed E-state index contributed by atoms with van der Waals surface area (Å²) in [6.45, 7) is 0.815. The number of hydrogen-bond donors (Lipinski definition) is 1. The van der Waals surface area contributed by atoms with E-state index in [1.807, 2.05) is 24.4 Å². The molecule has 0 aliphatic heterocycles. The topological polar surface area (TPSA) is 51.0 Å². The molecule has 4 fully saturated rings. The molecule has 6 rings (SSSR count). The van der Waals surface area contributed by atoms with Crippen LogP contribution in [0, 0.1) is 17.8 Å². The molecule has 4 aliphatic carbocycles. The first kappa shape index (κ1) is 13.7. The normalized spacial score (nSPS) is 34.9. The molecule has 23 heavy (non-hydrogen) atoms. The molecule has 2 heterocycles. The van der Waals surface area contributed by atoms with Gasteiger partial charge in [-0.2, -0.15) is 0 Å². The molecule has 4 bridgehead atoms. The summed E-state index contributed by atoms with van der Waals surface area (Å²) in [5.74, 6) is 3.71. The second-order valence-corrected chi connectivity index (χ2v) is 7.98. The van der Waals surface area contributed by atoms with Gasteiger partial charge in [0.05, 0.1) is 5.69 Å². The summed E-state index contributed by atoms with van der Waals surface area (Å²) in [4.78, 5) is 4.14. The molecule has 120 valence electrons. The van der Waals surface area contributed by atoms with Crippen molar-refractivity contribution in [2.45, 2.75) is 50.6 Å². The van der Waals surface area contributed by atoms with Crippen molar-refractivity contribution in [3.05, 3.63) is 36.3 Å². The molecule has 0 spiro atoms. The van der Waals surface area contributed by atoms with Gasteiger partial charge in [-0.3, -0.25) is 4.98 Å². The Morgan fingerprint density at radius 2 is 1.87 bits per heavy atom. The van der Waals surface area contributed by atoms with E-state index in [4.69, 9.17) is 4.52 Å². The summed E-state index contributed by atoms with van der Waals surface area (Å²) in [5.41, 5.74) is 2.36. The lowest BCUT2D eigenvalue weighted by Crippen LogP contribution is -2.58. The van der Waals surface area contributed by atoms with Gasteiger partial charge >= 0.3 is 0 Å². The minimum absolute atomic E-state index is 0.377. The van der Waals surface area contributed by atoms with Crippen molar-refractivity contribution >= 4 is 0 Å². The summed E-state index contributed by atoms with van der Waals surface area (Å²) in [6.07, 6.45) is 12.1. The minimum atomic E-state index is 0.377. The Bertz CT molecular complexity index is 658. The average Bonchev–Trinajstić information content (AvgIpc) is 3.02. The first-order valence-corrected chi connectivity index (χ1v) is 8.89. The standard InChI is InChI=1S/C19H23N3O/c1-2-16(11-20-3-1)18-7-17(22-23-18)12-21-19-8-13-4-14(9-19)6-15(5-13)10-19/h1-3,7,11,13-15,21H,4-6,8-10,12H2. The Hall–Kier alpha value is -1.68. The largest absolute Gasteiger partial charge is 0.356 e. The monoisotopic (exact) mass is 309 g/mol. The average molecular weight is 309 g/mol. The van der Waals surface area contributed by atoms with Gasteiger partial charge in [0.1, 0.15) is 0 Å². The molecule has 2 aromatic rings. The van der Waals surface area contributed by atoms with Crippen molar-refractivity contribution in [1.29, 1.82) is 0 Å². The fourth-order valence-corrected chi connectivity index (χ4v) is 5.64. The predicted octanol–water partition coefficient (Wildman–Crippen LogP) is 3.80. The van der Waals surface area contributed by atoms with Crippen molar-refractivity contribution < 1.29 is 4.52 Å². The lowest BCUT2D eigenvalue weighted by atomic mass is 9.53. The highest BCUT2D eigenvalue weighted by atomic mass is 16.5. The van der Waals surface area contributed by atoms with Crippen molar-refractivity contribution in [3.8, 4) is 11.3 Å². The van der Waals surface area contributed by atoms with Crippen molar-refractivity contribution in [2.24, 2.45) is 17.8 Å². The van der Waals surface area contributed by atoms with Crippen LogP contribution in [-0.4, -0.2) is 15.7 Å². The van der Waals surface area contributed by atoms with Crippen LogP contribution in [0.4, 0.5) is 0 Å². The maximum Gasteiger partial charge on any atom is 0.168 e. The zero-order valence-electron chi connectivity index (χ0n) is 13.4. The Morgan fingerprint density at radius 1 is 1.13 bits per heavy atom. The molecule has 0 aromatic carbocycles. The second-order valence-electron chi connectivity index (χ2n) is 7.98. The number of aromatic nitrogens is 2. The van der Waals surface area contributed by atoms with Crippen molar-refractivity contribution in [2.75, 3.05) is 0 Å². The smallest absolute Gasteiger partial charge is 0.168 e. The Labute approximate surface area is 136 Å². The third-order valence-corrected chi connectivity index (χ3v) is 6.19. The number of nitrogens with one attached hydrogen (secondary N) is 1. The Balaban J connectivity index is 1.29. The maximum absolute atomic E-state index is 5.49. The fourth-order valence-electron chi connectivity index (χ4n) is 5.64. The molecular weight excluding hydrogens is 286 g/mol. The van der Waals surface area contributed by atoms with Crippen LogP contribution in [0.15, 0.2) is 35.1 Å². The minimum Gasteiger partial charge on any atom is -0.356 e. The quantitative estimate of drug-likeness (QED) is 0.933. The highest BCUT2D eigenvalue weighted by molar-refractivity contribution is 5.55. The van der Waals surface area contributed by atoms with E-state index < -0.39 is 0 Å². The van der Waals surface area contributed by atoms with Gasteiger partial charge in [0, 0.05) is 36.1 Å². The predicted molar refractivity (Wildman–Crippen MR) is 87.5 cm³/mol. The number of rotatable bonds is 4. The van der Waals surface area contributed by atoms with Gasteiger partial charge in [0.15, 0.2) is 5.76 Å². The van der Waals surface area contributed by atoms with Gasteiger partial charge < -0.3 is 9.84 Å². The lowest BCUT2D eigenvalue weighted by Gasteiger charge is -2.57. The summed E-state index contributed by atoms with van der Waals surface area (Å²) >= 11 is 0. The second kappa shape index (κ2) is 5.17. The van der Waals surface area contributed by atoms with Gasteiger partial charge in [0.25, 0.3) is 0 Å². The summed E-state index contributed by atoms with van der Waals surface area (Å²) < 4.78 is 5.49. The molecular formula is C19H23N3O. The molecule has 0 atom stereocenters. The fraction of sp³-hybridized carbons (Fsp3) is 0.579. The summed E-state index contributed by atoms with van der Waals surface area (Å²) in [7, 11) is 0. The van der Waals surface area contributed by atoms with E-state index in [2.05, 4.69) is 15.5 Å². The van der Waals surface area contributed by atoms with Crippen LogP contribution in [0.5, 0.6) is 0 Å². The van der Waals surface area contributed by atoms with Gasteiger partial charge in [-0.15, -0.1) is 0 Å². The third-order valence-electron chi connectivity index (χ3n) is 6.19. The van der Waals surface area contributed by atoms with Crippen LogP contribution >= 0.6 is 0 Å². The van der Waals surface area contributed by atoms with Crippen LogP contribution in [0.1, 0.15) is 44.2 Å². The molecule has 4 nitrogen and oxygen atoms in total. The van der Waals surface area contributed by atoms with Crippen LogP contribution in [-0.2, 0) is 6.54 Å². The molecule has 4 saturated carbocycles. The van der Waals surface area contributed by atoms with Gasteiger partial charge in [-0.1, -0.05) is 5.16 Å². The van der Waals surface area contributed by atoms with Crippen molar-refractivity contribution in [3.63, 3.8) is 0 Å². The van der Waals surface area contributed by atoms with E-state index in [0.29, 0.717) is 5.54 Å². The first-order valence-electron chi connectivity index (χ1n) is 8.89. The van der Waals surface area contributed by atoms with E-state index in [1.54, 1.807) is 6.20 Å². The van der Waals surface area contributed by atoms with Gasteiger partial charge in [0.2, 0.25) is 0 Å². The highest BCUT2D eigenvalue weighted by Gasteiger charge is 2.50. The summed E-state index contributed by atoms with van der Waals surface area (Å²) in [5, 5.41) is 8.11. The molecule has 0 radical (unpaired) electrons. The van der Waals surface area contributed by atoms with Crippen molar-refractivity contribution in [1.82, 2.24) is 15.5 Å². The zero-order valence-corrected chi connectivity index (χ0v) is 13.4. The van der Waals surface area contributed by atoms with E-state index in [1.165, 1.54) is 38.5 Å². The number of hydrogen-bond acceptors (Lipinski definition) is 4.